The van der Waals surface area contributed by atoms with E-state index in [1.165, 1.54) is 0 Å². The molecule has 0 amide bonds. The molecule has 1 aromatic rings. The summed E-state index contributed by atoms with van der Waals surface area (Å²) in [5.41, 5.74) is 2.16. The van der Waals surface area contributed by atoms with E-state index >= 15 is 0 Å². The van der Waals surface area contributed by atoms with Crippen LogP contribution in [0.1, 0.15) is 31.4 Å². The smallest absolute Gasteiger partial charge is 0.126 e. The minimum Gasteiger partial charge on any atom is -0.491 e. The lowest BCUT2D eigenvalue weighted by Crippen LogP contribution is -2.10. The number of benzene rings is 1. The molecule has 0 N–H and O–H groups in total. The van der Waals surface area contributed by atoms with E-state index in [0.717, 1.165) is 29.9 Å². The molecule has 2 nitrogen and oxygen atoms in total. The van der Waals surface area contributed by atoms with Gasteiger partial charge in [0.1, 0.15) is 12.4 Å². The maximum atomic E-state index is 5.89. The Labute approximate surface area is 115 Å². The van der Waals surface area contributed by atoms with Gasteiger partial charge in [0.15, 0.2) is 0 Å². The molecule has 0 saturated carbocycles. The Morgan fingerprint density at radius 1 is 1.17 bits per heavy atom. The van der Waals surface area contributed by atoms with E-state index in [1.54, 1.807) is 0 Å². The lowest BCUT2D eigenvalue weighted by atomic mass is 10.1. The quantitative estimate of drug-likeness (QED) is 0.521. The first-order valence-corrected chi connectivity index (χ1v) is 7.03. The fraction of sp³-hybridized carbons (Fsp3) is 0.600. The van der Waals surface area contributed by atoms with Gasteiger partial charge in [-0.1, -0.05) is 32.0 Å². The van der Waals surface area contributed by atoms with Crippen LogP contribution >= 0.6 is 11.6 Å². The van der Waals surface area contributed by atoms with E-state index in [4.69, 9.17) is 21.1 Å². The highest BCUT2D eigenvalue weighted by Crippen LogP contribution is 2.24. The highest BCUT2D eigenvalue weighted by atomic mass is 35.5. The van der Waals surface area contributed by atoms with Gasteiger partial charge < -0.3 is 9.47 Å². The van der Waals surface area contributed by atoms with Gasteiger partial charge in [0.2, 0.25) is 0 Å². The Bertz CT molecular complexity index is 350. The first kappa shape index (κ1) is 15.3. The third-order valence-electron chi connectivity index (χ3n) is 2.75. The molecule has 0 unspecified atom stereocenters. The van der Waals surface area contributed by atoms with Crippen molar-refractivity contribution in [2.24, 2.45) is 5.92 Å². The molecular weight excluding hydrogens is 248 g/mol. The molecule has 0 aromatic heterocycles. The van der Waals surface area contributed by atoms with Gasteiger partial charge in [-0.3, -0.25) is 0 Å². The van der Waals surface area contributed by atoms with E-state index in [0.29, 0.717) is 25.0 Å². The molecule has 1 rings (SSSR count). The SMILES string of the molecule is Cc1cccc(CCl)c1OCCOCCC(C)C. The predicted molar refractivity (Wildman–Crippen MR) is 76.5 cm³/mol. The van der Waals surface area contributed by atoms with Crippen LogP contribution < -0.4 is 4.74 Å². The van der Waals surface area contributed by atoms with Crippen LogP contribution in [0.25, 0.3) is 0 Å². The molecule has 3 heteroatoms. The summed E-state index contributed by atoms with van der Waals surface area (Å²) in [5, 5.41) is 0. The van der Waals surface area contributed by atoms with E-state index in [2.05, 4.69) is 13.8 Å². The van der Waals surface area contributed by atoms with Crippen molar-refractivity contribution in [2.45, 2.75) is 33.1 Å². The highest BCUT2D eigenvalue weighted by Gasteiger charge is 2.05. The number of aryl methyl sites for hydroxylation is 1. The number of hydrogen-bond donors (Lipinski definition) is 0. The van der Waals surface area contributed by atoms with Crippen molar-refractivity contribution in [3.05, 3.63) is 29.3 Å². The minimum atomic E-state index is 0.477. The molecule has 0 spiro atoms. The third kappa shape index (κ3) is 5.28. The van der Waals surface area contributed by atoms with Crippen molar-refractivity contribution in [1.82, 2.24) is 0 Å². The number of hydrogen-bond acceptors (Lipinski definition) is 2. The predicted octanol–water partition coefficient (Wildman–Crippen LogP) is 4.18. The third-order valence-corrected chi connectivity index (χ3v) is 3.04. The highest BCUT2D eigenvalue weighted by molar-refractivity contribution is 6.17. The average molecular weight is 271 g/mol. The van der Waals surface area contributed by atoms with Crippen molar-refractivity contribution in [3.8, 4) is 5.75 Å². The Hall–Kier alpha value is -0.730. The first-order chi connectivity index (χ1) is 8.65. The Kier molecular flexibility index (Phi) is 7.14. The first-order valence-electron chi connectivity index (χ1n) is 6.50. The zero-order valence-corrected chi connectivity index (χ0v) is 12.3. The zero-order chi connectivity index (χ0) is 13.4. The summed E-state index contributed by atoms with van der Waals surface area (Å²) >= 11 is 5.89. The maximum Gasteiger partial charge on any atom is 0.126 e. The monoisotopic (exact) mass is 270 g/mol. The fourth-order valence-electron chi connectivity index (χ4n) is 1.65. The lowest BCUT2D eigenvalue weighted by molar-refractivity contribution is 0.0921. The number of halogens is 1. The number of alkyl halides is 1. The van der Waals surface area contributed by atoms with Crippen molar-refractivity contribution >= 4 is 11.6 Å². The van der Waals surface area contributed by atoms with E-state index in [1.807, 2.05) is 25.1 Å². The largest absolute Gasteiger partial charge is 0.491 e. The maximum absolute atomic E-state index is 5.89. The summed E-state index contributed by atoms with van der Waals surface area (Å²) < 4.78 is 11.3. The van der Waals surface area contributed by atoms with E-state index in [-0.39, 0.29) is 0 Å². The summed E-state index contributed by atoms with van der Waals surface area (Å²) in [4.78, 5) is 0. The normalized spacial score (nSPS) is 10.9. The summed E-state index contributed by atoms with van der Waals surface area (Å²) in [5.74, 6) is 2.07. The lowest BCUT2D eigenvalue weighted by Gasteiger charge is -2.13. The van der Waals surface area contributed by atoms with Gasteiger partial charge in [-0.05, 0) is 24.8 Å². The Balaban J connectivity index is 2.31. The van der Waals surface area contributed by atoms with Gasteiger partial charge in [0.05, 0.1) is 12.5 Å². The molecule has 0 heterocycles. The van der Waals surface area contributed by atoms with Gasteiger partial charge in [0.25, 0.3) is 0 Å². The molecule has 0 fully saturated rings. The molecular formula is C15H23ClO2. The van der Waals surface area contributed by atoms with Crippen LogP contribution in [0.2, 0.25) is 0 Å². The van der Waals surface area contributed by atoms with Crippen molar-refractivity contribution in [3.63, 3.8) is 0 Å². The molecule has 0 radical (unpaired) electrons. The summed E-state index contributed by atoms with van der Waals surface area (Å²) in [6.07, 6.45) is 1.09. The number of rotatable bonds is 8. The molecule has 0 aliphatic heterocycles. The van der Waals surface area contributed by atoms with Crippen molar-refractivity contribution in [2.75, 3.05) is 19.8 Å². The molecule has 0 saturated heterocycles. The van der Waals surface area contributed by atoms with Crippen LogP contribution in [0.15, 0.2) is 18.2 Å². The van der Waals surface area contributed by atoms with Crippen LogP contribution in [0, 0.1) is 12.8 Å². The van der Waals surface area contributed by atoms with Crippen molar-refractivity contribution in [1.29, 1.82) is 0 Å². The van der Waals surface area contributed by atoms with Crippen molar-refractivity contribution < 1.29 is 9.47 Å². The fourth-order valence-corrected chi connectivity index (χ4v) is 1.86. The molecule has 0 bridgehead atoms. The van der Waals surface area contributed by atoms with Crippen LogP contribution in [0.4, 0.5) is 0 Å². The van der Waals surface area contributed by atoms with Crippen LogP contribution in [-0.2, 0) is 10.6 Å². The standard InChI is InChI=1S/C15H23ClO2/c1-12(2)7-8-17-9-10-18-15-13(3)5-4-6-14(15)11-16/h4-6,12H,7-11H2,1-3H3. The summed E-state index contributed by atoms with van der Waals surface area (Å²) in [6, 6.07) is 6.03. The molecule has 0 atom stereocenters. The Morgan fingerprint density at radius 3 is 2.61 bits per heavy atom. The van der Waals surface area contributed by atoms with Crippen LogP contribution in [0.5, 0.6) is 5.75 Å². The van der Waals surface area contributed by atoms with Gasteiger partial charge in [-0.25, -0.2) is 0 Å². The second-order valence-corrected chi connectivity index (χ2v) is 5.11. The molecule has 0 aliphatic rings. The van der Waals surface area contributed by atoms with Crippen LogP contribution in [-0.4, -0.2) is 19.8 Å². The van der Waals surface area contributed by atoms with Gasteiger partial charge in [-0.15, -0.1) is 11.6 Å². The molecule has 18 heavy (non-hydrogen) atoms. The molecule has 1 aromatic carbocycles. The van der Waals surface area contributed by atoms with Gasteiger partial charge >= 0.3 is 0 Å². The topological polar surface area (TPSA) is 18.5 Å². The molecule has 102 valence electrons. The summed E-state index contributed by atoms with van der Waals surface area (Å²) in [6.45, 7) is 8.43. The van der Waals surface area contributed by atoms with E-state index < -0.39 is 0 Å². The average Bonchev–Trinajstić information content (AvgIpc) is 2.34. The second kappa shape index (κ2) is 8.39. The van der Waals surface area contributed by atoms with Crippen LogP contribution in [0.3, 0.4) is 0 Å². The number of para-hydroxylation sites is 1. The number of ether oxygens (including phenoxy) is 2. The zero-order valence-electron chi connectivity index (χ0n) is 11.5. The Morgan fingerprint density at radius 2 is 1.94 bits per heavy atom. The minimum absolute atomic E-state index is 0.477. The second-order valence-electron chi connectivity index (χ2n) is 4.84. The molecule has 0 aliphatic carbocycles. The van der Waals surface area contributed by atoms with Gasteiger partial charge in [0, 0.05) is 12.2 Å². The summed E-state index contributed by atoms with van der Waals surface area (Å²) in [7, 11) is 0. The van der Waals surface area contributed by atoms with E-state index in [9.17, 15) is 0 Å². The van der Waals surface area contributed by atoms with Gasteiger partial charge in [-0.2, -0.15) is 0 Å².